The number of benzene rings is 2. The maximum atomic E-state index is 11.8. The minimum absolute atomic E-state index is 0.254. The quantitative estimate of drug-likeness (QED) is 0.768. The van der Waals surface area contributed by atoms with Gasteiger partial charge in [0.2, 0.25) is 0 Å². The molecule has 6 heteroatoms. The Hall–Kier alpha value is -2.05. The Kier molecular flexibility index (Phi) is 5.15. The molecule has 1 aliphatic heterocycles. The molecule has 120 valence electrons. The maximum Gasteiger partial charge on any atom is 0.434 e. The molecule has 1 aliphatic rings. The van der Waals surface area contributed by atoms with Gasteiger partial charge in [0.1, 0.15) is 31.6 Å². The lowest BCUT2D eigenvalue weighted by Crippen LogP contribution is -2.37. The van der Waals surface area contributed by atoms with Gasteiger partial charge in [-0.25, -0.2) is 4.79 Å². The molecule has 2 aromatic carbocycles. The van der Waals surface area contributed by atoms with E-state index >= 15 is 0 Å². The molecular formula is C17H16BrNO4. The molecule has 2 aromatic rings. The predicted octanol–water partition coefficient (Wildman–Crippen LogP) is 3.78. The number of carbonyl (C=O) groups is 1. The van der Waals surface area contributed by atoms with E-state index in [0.717, 1.165) is 15.8 Å². The molecule has 1 amide bonds. The van der Waals surface area contributed by atoms with Gasteiger partial charge in [0.25, 0.3) is 0 Å². The zero-order valence-electron chi connectivity index (χ0n) is 12.4. The largest absolute Gasteiger partial charge is 0.491 e. The van der Waals surface area contributed by atoms with Crippen molar-refractivity contribution in [2.24, 2.45) is 0 Å². The number of carbonyl (C=O) groups excluding carboxylic acids is 1. The summed E-state index contributed by atoms with van der Waals surface area (Å²) in [5.41, 5.74) is 0.986. The van der Waals surface area contributed by atoms with Crippen LogP contribution in [0.15, 0.2) is 59.1 Å². The van der Waals surface area contributed by atoms with Gasteiger partial charge < -0.3 is 9.47 Å². The summed E-state index contributed by atoms with van der Waals surface area (Å²) < 4.78 is 11.7. The third kappa shape index (κ3) is 4.24. The number of cyclic esters (lactones) is 1. The number of ether oxygens (including phenoxy) is 2. The Morgan fingerprint density at radius 3 is 2.61 bits per heavy atom. The van der Waals surface area contributed by atoms with E-state index in [1.807, 2.05) is 54.6 Å². The van der Waals surface area contributed by atoms with Crippen LogP contribution in [-0.4, -0.2) is 30.4 Å². The Labute approximate surface area is 142 Å². The van der Waals surface area contributed by atoms with Crippen molar-refractivity contribution in [1.82, 2.24) is 5.06 Å². The van der Waals surface area contributed by atoms with Crippen molar-refractivity contribution in [2.75, 3.05) is 13.2 Å². The summed E-state index contributed by atoms with van der Waals surface area (Å²) in [5.74, 6) is 0.732. The van der Waals surface area contributed by atoms with Crippen molar-refractivity contribution < 1.29 is 19.1 Å². The van der Waals surface area contributed by atoms with Gasteiger partial charge in [0.15, 0.2) is 0 Å². The number of halogens is 1. The molecule has 1 saturated heterocycles. The van der Waals surface area contributed by atoms with Gasteiger partial charge in [-0.3, -0.25) is 4.84 Å². The Bertz CT molecular complexity index is 647. The normalized spacial score (nSPS) is 17.2. The van der Waals surface area contributed by atoms with E-state index in [4.69, 9.17) is 14.3 Å². The molecule has 1 atom stereocenters. The standard InChI is InChI=1S/C17H16BrNO4/c18-14-6-8-16(9-7-14)21-11-15-12-22-17(20)19(15)23-10-13-4-2-1-3-5-13/h1-9,15H,10-12H2/t15-/m1/s1. The van der Waals surface area contributed by atoms with Gasteiger partial charge in [-0.05, 0) is 29.8 Å². The van der Waals surface area contributed by atoms with E-state index in [9.17, 15) is 4.79 Å². The van der Waals surface area contributed by atoms with E-state index in [0.29, 0.717) is 13.2 Å². The smallest absolute Gasteiger partial charge is 0.434 e. The molecule has 1 heterocycles. The van der Waals surface area contributed by atoms with Crippen LogP contribution in [0.3, 0.4) is 0 Å². The summed E-state index contributed by atoms with van der Waals surface area (Å²) in [6, 6.07) is 16.9. The first-order valence-electron chi connectivity index (χ1n) is 7.23. The first-order valence-corrected chi connectivity index (χ1v) is 8.03. The van der Waals surface area contributed by atoms with Gasteiger partial charge in [-0.15, -0.1) is 0 Å². The maximum absolute atomic E-state index is 11.8. The molecule has 1 fully saturated rings. The third-order valence-corrected chi connectivity index (χ3v) is 3.91. The molecule has 23 heavy (non-hydrogen) atoms. The highest BCUT2D eigenvalue weighted by Gasteiger charge is 2.35. The average Bonchev–Trinajstić information content (AvgIpc) is 2.93. The molecule has 0 spiro atoms. The zero-order valence-corrected chi connectivity index (χ0v) is 13.9. The van der Waals surface area contributed by atoms with Crippen LogP contribution in [0, 0.1) is 0 Å². The molecule has 0 unspecified atom stereocenters. The lowest BCUT2D eigenvalue weighted by Gasteiger charge is -2.20. The van der Waals surface area contributed by atoms with Gasteiger partial charge >= 0.3 is 6.09 Å². The minimum atomic E-state index is -0.481. The highest BCUT2D eigenvalue weighted by atomic mass is 79.9. The Morgan fingerprint density at radius 1 is 1.13 bits per heavy atom. The number of rotatable bonds is 6. The van der Waals surface area contributed by atoms with E-state index < -0.39 is 6.09 Å². The van der Waals surface area contributed by atoms with Crippen LogP contribution in [0.4, 0.5) is 4.79 Å². The lowest BCUT2D eigenvalue weighted by atomic mass is 10.2. The summed E-state index contributed by atoms with van der Waals surface area (Å²) in [6.45, 7) is 0.872. The predicted molar refractivity (Wildman–Crippen MR) is 87.8 cm³/mol. The lowest BCUT2D eigenvalue weighted by molar-refractivity contribution is -0.146. The molecule has 0 aromatic heterocycles. The highest BCUT2D eigenvalue weighted by Crippen LogP contribution is 2.19. The van der Waals surface area contributed by atoms with Crippen molar-refractivity contribution in [3.05, 3.63) is 64.6 Å². The van der Waals surface area contributed by atoms with E-state index in [1.54, 1.807) is 0 Å². The van der Waals surface area contributed by atoms with Gasteiger partial charge in [-0.2, -0.15) is 5.06 Å². The molecular weight excluding hydrogens is 362 g/mol. The summed E-state index contributed by atoms with van der Waals surface area (Å²) >= 11 is 3.37. The third-order valence-electron chi connectivity index (χ3n) is 3.38. The van der Waals surface area contributed by atoms with Crippen molar-refractivity contribution in [2.45, 2.75) is 12.6 Å². The van der Waals surface area contributed by atoms with Crippen LogP contribution in [0.25, 0.3) is 0 Å². The van der Waals surface area contributed by atoms with Crippen LogP contribution in [0.1, 0.15) is 5.56 Å². The second-order valence-corrected chi connectivity index (χ2v) is 6.00. The molecule has 0 radical (unpaired) electrons. The van der Waals surface area contributed by atoms with Gasteiger partial charge in [0.05, 0.1) is 0 Å². The molecule has 5 nitrogen and oxygen atoms in total. The van der Waals surface area contributed by atoms with E-state index in [1.165, 1.54) is 5.06 Å². The highest BCUT2D eigenvalue weighted by molar-refractivity contribution is 9.10. The minimum Gasteiger partial charge on any atom is -0.491 e. The second-order valence-electron chi connectivity index (χ2n) is 5.08. The molecule has 0 saturated carbocycles. The summed E-state index contributed by atoms with van der Waals surface area (Å²) in [5, 5.41) is 1.26. The number of amides is 1. The van der Waals surface area contributed by atoms with Crippen LogP contribution in [-0.2, 0) is 16.2 Å². The topological polar surface area (TPSA) is 48.0 Å². The van der Waals surface area contributed by atoms with Crippen molar-refractivity contribution in [3.8, 4) is 5.75 Å². The SMILES string of the molecule is O=C1OC[C@@H](COc2ccc(Br)cc2)N1OCc1ccccc1. The Balaban J connectivity index is 1.55. The van der Waals surface area contributed by atoms with Crippen molar-refractivity contribution in [1.29, 1.82) is 0 Å². The van der Waals surface area contributed by atoms with Crippen molar-refractivity contribution in [3.63, 3.8) is 0 Å². The van der Waals surface area contributed by atoms with Gasteiger partial charge in [0, 0.05) is 4.47 Å². The first kappa shape index (κ1) is 15.8. The fourth-order valence-corrected chi connectivity index (χ4v) is 2.43. The fraction of sp³-hybridized carbons (Fsp3) is 0.235. The number of hydrogen-bond acceptors (Lipinski definition) is 4. The monoisotopic (exact) mass is 377 g/mol. The molecule has 3 rings (SSSR count). The summed E-state index contributed by atoms with van der Waals surface area (Å²) in [7, 11) is 0. The molecule has 0 N–H and O–H groups in total. The number of hydroxylamine groups is 2. The van der Waals surface area contributed by atoms with Gasteiger partial charge in [-0.1, -0.05) is 46.3 Å². The van der Waals surface area contributed by atoms with E-state index in [-0.39, 0.29) is 12.6 Å². The van der Waals surface area contributed by atoms with Crippen molar-refractivity contribution >= 4 is 22.0 Å². The zero-order chi connectivity index (χ0) is 16.1. The number of nitrogens with zero attached hydrogens (tertiary/aromatic N) is 1. The second kappa shape index (κ2) is 7.48. The fourth-order valence-electron chi connectivity index (χ4n) is 2.16. The van der Waals surface area contributed by atoms with Crippen LogP contribution in [0.5, 0.6) is 5.75 Å². The Morgan fingerprint density at radius 2 is 1.87 bits per heavy atom. The molecule has 0 aliphatic carbocycles. The van der Waals surface area contributed by atoms with Crippen LogP contribution < -0.4 is 4.74 Å². The van der Waals surface area contributed by atoms with Crippen LogP contribution >= 0.6 is 15.9 Å². The van der Waals surface area contributed by atoms with E-state index in [2.05, 4.69) is 15.9 Å². The summed E-state index contributed by atoms with van der Waals surface area (Å²) in [6.07, 6.45) is -0.481. The molecule has 0 bridgehead atoms. The summed E-state index contributed by atoms with van der Waals surface area (Å²) in [4.78, 5) is 17.4. The average molecular weight is 378 g/mol. The van der Waals surface area contributed by atoms with Crippen LogP contribution in [0.2, 0.25) is 0 Å². The first-order chi connectivity index (χ1) is 11.2. The number of hydrogen-bond donors (Lipinski definition) is 0.